The first-order chi connectivity index (χ1) is 15.4. The quantitative estimate of drug-likeness (QED) is 0.660. The minimum absolute atomic E-state index is 0.127. The predicted octanol–water partition coefficient (Wildman–Crippen LogP) is 2.92. The maximum atomic E-state index is 13.2. The van der Waals surface area contributed by atoms with Crippen molar-refractivity contribution >= 4 is 29.3 Å². The zero-order valence-electron chi connectivity index (χ0n) is 18.7. The van der Waals surface area contributed by atoms with Crippen molar-refractivity contribution in [2.24, 2.45) is 0 Å². The van der Waals surface area contributed by atoms with Crippen molar-refractivity contribution in [2.45, 2.75) is 57.9 Å². The number of nitrogens with one attached hydrogen (secondary N) is 3. The fourth-order valence-electron chi connectivity index (χ4n) is 4.56. The highest BCUT2D eigenvalue weighted by Crippen LogP contribution is 2.33. The molecule has 0 bridgehead atoms. The van der Waals surface area contributed by atoms with Crippen molar-refractivity contribution in [1.29, 1.82) is 0 Å². The first-order valence-corrected chi connectivity index (χ1v) is 11.1. The number of amides is 2. The van der Waals surface area contributed by atoms with E-state index in [0.717, 1.165) is 37.8 Å². The van der Waals surface area contributed by atoms with Gasteiger partial charge in [0.1, 0.15) is 11.6 Å². The molecule has 1 saturated heterocycles. The summed E-state index contributed by atoms with van der Waals surface area (Å²) >= 11 is 0. The van der Waals surface area contributed by atoms with E-state index in [1.165, 1.54) is 7.11 Å². The van der Waals surface area contributed by atoms with Gasteiger partial charge in [0.2, 0.25) is 17.8 Å². The van der Waals surface area contributed by atoms with Gasteiger partial charge in [-0.1, -0.05) is 13.0 Å². The average molecular weight is 440 g/mol. The van der Waals surface area contributed by atoms with Gasteiger partial charge in [-0.15, -0.1) is 0 Å². The summed E-state index contributed by atoms with van der Waals surface area (Å²) in [6.07, 6.45) is 4.01. The van der Waals surface area contributed by atoms with Gasteiger partial charge >= 0.3 is 0 Å². The number of carbonyl (C=O) groups excluding carboxylic acids is 2. The van der Waals surface area contributed by atoms with Crippen molar-refractivity contribution in [3.8, 4) is 5.75 Å². The largest absolute Gasteiger partial charge is 0.495 e. The molecule has 1 aromatic heterocycles. The van der Waals surface area contributed by atoms with E-state index in [0.29, 0.717) is 17.4 Å². The SMILES string of the molecule is CC[C@@H]1CCCCN1c1nc2c(c(=O)[nH]1)[C@H](C(=O)Nc1cc(C)ccc1OC)CC(=O)N2. The smallest absolute Gasteiger partial charge is 0.258 e. The molecule has 2 aromatic rings. The minimum Gasteiger partial charge on any atom is -0.495 e. The number of methoxy groups -OCH3 is 1. The lowest BCUT2D eigenvalue weighted by Crippen LogP contribution is -2.43. The monoisotopic (exact) mass is 439 g/mol. The summed E-state index contributed by atoms with van der Waals surface area (Å²) in [5.74, 6) is -0.628. The summed E-state index contributed by atoms with van der Waals surface area (Å²) in [5.41, 5.74) is 1.22. The van der Waals surface area contributed by atoms with E-state index in [1.54, 1.807) is 12.1 Å². The second kappa shape index (κ2) is 9.02. The van der Waals surface area contributed by atoms with Gasteiger partial charge in [-0.25, -0.2) is 0 Å². The molecule has 2 amide bonds. The van der Waals surface area contributed by atoms with Crippen LogP contribution in [0.3, 0.4) is 0 Å². The summed E-state index contributed by atoms with van der Waals surface area (Å²) in [6, 6.07) is 5.71. The van der Waals surface area contributed by atoms with Gasteiger partial charge in [-0.2, -0.15) is 4.98 Å². The van der Waals surface area contributed by atoms with Crippen LogP contribution in [0, 0.1) is 6.92 Å². The Morgan fingerprint density at radius 1 is 1.31 bits per heavy atom. The van der Waals surface area contributed by atoms with Crippen LogP contribution in [0.5, 0.6) is 5.75 Å². The fourth-order valence-corrected chi connectivity index (χ4v) is 4.56. The molecule has 0 spiro atoms. The van der Waals surface area contributed by atoms with E-state index in [-0.39, 0.29) is 29.8 Å². The molecule has 1 fully saturated rings. The Hall–Kier alpha value is -3.36. The van der Waals surface area contributed by atoms with Crippen LogP contribution in [0.25, 0.3) is 0 Å². The second-order valence-corrected chi connectivity index (χ2v) is 8.40. The lowest BCUT2D eigenvalue weighted by molar-refractivity contribution is -0.123. The maximum absolute atomic E-state index is 13.2. The fraction of sp³-hybridized carbons (Fsp3) is 0.478. The zero-order chi connectivity index (χ0) is 22.8. The molecular weight excluding hydrogens is 410 g/mol. The average Bonchev–Trinajstić information content (AvgIpc) is 2.78. The Morgan fingerprint density at radius 3 is 2.88 bits per heavy atom. The van der Waals surface area contributed by atoms with Gasteiger partial charge in [-0.05, 0) is 50.3 Å². The van der Waals surface area contributed by atoms with E-state index in [2.05, 4.69) is 32.4 Å². The van der Waals surface area contributed by atoms with Crippen molar-refractivity contribution in [3.05, 3.63) is 39.7 Å². The second-order valence-electron chi connectivity index (χ2n) is 8.40. The summed E-state index contributed by atoms with van der Waals surface area (Å²) < 4.78 is 5.33. The van der Waals surface area contributed by atoms with Crippen LogP contribution in [0.4, 0.5) is 17.5 Å². The number of nitrogens with zero attached hydrogens (tertiary/aromatic N) is 2. The number of aromatic nitrogens is 2. The topological polar surface area (TPSA) is 116 Å². The first-order valence-electron chi connectivity index (χ1n) is 11.1. The Kier molecular flexibility index (Phi) is 6.16. The first kappa shape index (κ1) is 21.9. The van der Waals surface area contributed by atoms with Crippen LogP contribution in [0.15, 0.2) is 23.0 Å². The number of aryl methyl sites for hydroxylation is 1. The van der Waals surface area contributed by atoms with Crippen LogP contribution in [-0.2, 0) is 9.59 Å². The number of aromatic amines is 1. The molecular formula is C23H29N5O4. The molecule has 0 aliphatic carbocycles. The Balaban J connectivity index is 1.67. The number of benzene rings is 1. The molecule has 2 aliphatic heterocycles. The van der Waals surface area contributed by atoms with Crippen LogP contribution in [0.2, 0.25) is 0 Å². The van der Waals surface area contributed by atoms with E-state index < -0.39 is 17.4 Å². The summed E-state index contributed by atoms with van der Waals surface area (Å²) in [5, 5.41) is 5.51. The summed E-state index contributed by atoms with van der Waals surface area (Å²) in [7, 11) is 1.52. The van der Waals surface area contributed by atoms with Gasteiger partial charge in [0.05, 0.1) is 24.3 Å². The summed E-state index contributed by atoms with van der Waals surface area (Å²) in [4.78, 5) is 48.2. The number of H-pyrrole nitrogens is 1. The van der Waals surface area contributed by atoms with Crippen LogP contribution in [0.1, 0.15) is 56.1 Å². The predicted molar refractivity (Wildman–Crippen MR) is 122 cm³/mol. The van der Waals surface area contributed by atoms with E-state index in [4.69, 9.17) is 4.74 Å². The van der Waals surface area contributed by atoms with Gasteiger partial charge in [0, 0.05) is 19.0 Å². The van der Waals surface area contributed by atoms with Gasteiger partial charge in [0.15, 0.2) is 0 Å². The maximum Gasteiger partial charge on any atom is 0.258 e. The molecule has 2 aliphatic rings. The molecule has 2 atom stereocenters. The van der Waals surface area contributed by atoms with Crippen LogP contribution < -0.4 is 25.8 Å². The number of anilines is 3. The lowest BCUT2D eigenvalue weighted by atomic mass is 9.92. The molecule has 3 N–H and O–H groups in total. The number of hydrogen-bond acceptors (Lipinski definition) is 6. The van der Waals surface area contributed by atoms with Gasteiger partial charge in [-0.3, -0.25) is 19.4 Å². The third-order valence-corrected chi connectivity index (χ3v) is 6.24. The Bertz CT molecular complexity index is 1100. The Morgan fingerprint density at radius 2 is 2.12 bits per heavy atom. The number of rotatable bonds is 5. The van der Waals surface area contributed by atoms with Crippen molar-refractivity contribution in [3.63, 3.8) is 0 Å². The number of carbonyl (C=O) groups is 2. The number of ether oxygens (including phenoxy) is 1. The number of piperidine rings is 1. The summed E-state index contributed by atoms with van der Waals surface area (Å²) in [6.45, 7) is 4.81. The third kappa shape index (κ3) is 4.19. The standard InChI is InChI=1S/C23H29N5O4/c1-4-14-7-5-6-10-28(14)23-26-20-19(22(31)27-23)15(12-18(29)25-20)21(30)24-16-11-13(2)8-9-17(16)32-3/h8-9,11,14-15H,4-7,10,12H2,1-3H3,(H,24,30)(H2,25,26,27,29,31)/t14-,15-/m1/s1. The highest BCUT2D eigenvalue weighted by Gasteiger charge is 2.36. The highest BCUT2D eigenvalue weighted by molar-refractivity contribution is 6.05. The molecule has 0 saturated carbocycles. The molecule has 4 rings (SSSR count). The molecule has 3 heterocycles. The van der Waals surface area contributed by atoms with E-state index in [9.17, 15) is 14.4 Å². The molecule has 0 radical (unpaired) electrons. The number of hydrogen-bond donors (Lipinski definition) is 3. The molecule has 0 unspecified atom stereocenters. The third-order valence-electron chi connectivity index (χ3n) is 6.24. The van der Waals surface area contributed by atoms with Crippen molar-refractivity contribution in [1.82, 2.24) is 9.97 Å². The number of fused-ring (bicyclic) bond motifs is 1. The van der Waals surface area contributed by atoms with E-state index >= 15 is 0 Å². The lowest BCUT2D eigenvalue weighted by Gasteiger charge is -2.36. The van der Waals surface area contributed by atoms with Gasteiger partial charge in [0.25, 0.3) is 5.56 Å². The highest BCUT2D eigenvalue weighted by atomic mass is 16.5. The molecule has 9 nitrogen and oxygen atoms in total. The van der Waals surface area contributed by atoms with Gasteiger partial charge < -0.3 is 20.3 Å². The normalized spacial score (nSPS) is 20.3. The molecule has 9 heteroatoms. The molecule has 1 aromatic carbocycles. The van der Waals surface area contributed by atoms with Crippen LogP contribution >= 0.6 is 0 Å². The minimum atomic E-state index is -0.947. The van der Waals surface area contributed by atoms with Crippen molar-refractivity contribution in [2.75, 3.05) is 29.2 Å². The van der Waals surface area contributed by atoms with Crippen molar-refractivity contribution < 1.29 is 14.3 Å². The molecule has 170 valence electrons. The van der Waals surface area contributed by atoms with E-state index in [1.807, 2.05) is 13.0 Å². The molecule has 32 heavy (non-hydrogen) atoms. The van der Waals surface area contributed by atoms with Crippen LogP contribution in [-0.4, -0.2) is 41.5 Å². The zero-order valence-corrected chi connectivity index (χ0v) is 18.7. The Labute approximate surface area is 186 Å².